The van der Waals surface area contributed by atoms with Crippen molar-refractivity contribution in [1.82, 2.24) is 0 Å². The number of halogens is 2. The minimum absolute atomic E-state index is 0.747. The van der Waals surface area contributed by atoms with E-state index in [2.05, 4.69) is 13.3 Å². The Morgan fingerprint density at radius 3 is 1.43 bits per heavy atom. The molecule has 44 valence electrons. The summed E-state index contributed by atoms with van der Waals surface area (Å²) in [6.07, 6.45) is 0. The molecule has 0 fully saturated rings. The van der Waals surface area contributed by atoms with Crippen molar-refractivity contribution in [1.29, 1.82) is 0 Å². The smallest absolute Gasteiger partial charge is 0.0821 e. The van der Waals surface area contributed by atoms with Gasteiger partial charge in [-0.1, -0.05) is 23.2 Å². The van der Waals surface area contributed by atoms with Crippen molar-refractivity contribution in [2.45, 2.75) is 0 Å². The third-order valence-electron chi connectivity index (χ3n) is 0.647. The fourth-order valence-corrected chi connectivity index (χ4v) is 0.862. The van der Waals surface area contributed by atoms with Gasteiger partial charge in [-0.25, -0.2) is 0 Å². The van der Waals surface area contributed by atoms with Gasteiger partial charge < -0.3 is 0 Å². The summed E-state index contributed by atoms with van der Waals surface area (Å²) in [6, 6.07) is 0. The van der Waals surface area contributed by atoms with E-state index in [0.717, 1.165) is 11.2 Å². The van der Waals surface area contributed by atoms with E-state index in [9.17, 15) is 0 Å². The third-order valence-corrected chi connectivity index (χ3v) is 5.82. The molecule has 0 aromatic rings. The Bertz CT molecular complexity index is 47.7. The van der Waals surface area contributed by atoms with Crippen molar-refractivity contribution in [3.63, 3.8) is 0 Å². The van der Waals surface area contributed by atoms with Crippen molar-refractivity contribution >= 4 is 30.5 Å². The number of hydrogen-bond acceptors (Lipinski definition) is 0. The molecule has 0 atom stereocenters. The maximum Gasteiger partial charge on any atom is 0.133 e. The van der Waals surface area contributed by atoms with Gasteiger partial charge >= 0.3 is 0 Å². The van der Waals surface area contributed by atoms with Crippen LogP contribution in [0, 0.1) is 0 Å². The average Bonchev–Trinajstić information content (AvgIpc) is 1.68. The van der Waals surface area contributed by atoms with Crippen LogP contribution < -0.4 is 0 Å². The van der Waals surface area contributed by atoms with Crippen LogP contribution in [-0.4, -0.2) is 24.6 Å². The lowest BCUT2D eigenvalue weighted by Crippen LogP contribution is -1.88. The van der Waals surface area contributed by atoms with Crippen LogP contribution in [0.3, 0.4) is 0 Å². The van der Waals surface area contributed by atoms with Crippen LogP contribution in [0.15, 0.2) is 0 Å². The van der Waals surface area contributed by atoms with E-state index in [1.54, 1.807) is 0 Å². The van der Waals surface area contributed by atoms with Crippen LogP contribution in [0.25, 0.3) is 0 Å². The van der Waals surface area contributed by atoms with Crippen LogP contribution >= 0.6 is 30.5 Å². The summed E-state index contributed by atoms with van der Waals surface area (Å²) in [5.74, 6) is 0. The Kier molecular flexibility index (Phi) is 3.57. The van der Waals surface area contributed by atoms with E-state index in [0.29, 0.717) is 0 Å². The predicted molar refractivity (Wildman–Crippen MR) is 40.2 cm³/mol. The molecule has 7 heavy (non-hydrogen) atoms. The summed E-state index contributed by atoms with van der Waals surface area (Å²) in [4.78, 5) is 0. The molecule has 0 amide bonds. The molecule has 0 aromatic heterocycles. The molecule has 0 rings (SSSR count). The minimum Gasteiger partial charge on any atom is -0.0821 e. The lowest BCUT2D eigenvalue weighted by atomic mass is 11.8. The molecular weight excluding hydrogens is 150 g/mol. The molecule has 0 bridgehead atoms. The summed E-state index contributed by atoms with van der Waals surface area (Å²) in [7, 11) is -0.873. The maximum atomic E-state index is 5.56. The highest BCUT2D eigenvalue weighted by Crippen LogP contribution is 2.52. The molecule has 3 heteroatoms. The van der Waals surface area contributed by atoms with Gasteiger partial charge in [0.2, 0.25) is 0 Å². The zero-order chi connectivity index (χ0) is 5.91. The van der Waals surface area contributed by atoms with Gasteiger partial charge in [0.15, 0.2) is 0 Å². The molecule has 0 aliphatic heterocycles. The molecule has 0 aromatic carbocycles. The third kappa shape index (κ3) is 3.58. The molecule has 0 saturated heterocycles. The molecule has 0 aliphatic carbocycles. The number of hydrogen-bond donors (Lipinski definition) is 0. The molecule has 0 saturated carbocycles. The van der Waals surface area contributed by atoms with Crippen LogP contribution in [0.1, 0.15) is 0 Å². The van der Waals surface area contributed by atoms with Gasteiger partial charge in [-0.3, -0.25) is 0 Å². The van der Waals surface area contributed by atoms with Crippen LogP contribution in [0.4, 0.5) is 0 Å². The summed E-state index contributed by atoms with van der Waals surface area (Å²) in [6.45, 7) is 4.29. The van der Waals surface area contributed by atoms with Gasteiger partial charge in [-0.15, -0.1) is 0 Å². The molecule has 0 radical (unpaired) electrons. The Morgan fingerprint density at radius 2 is 1.43 bits per heavy atom. The molecule has 0 N–H and O–H groups in total. The van der Waals surface area contributed by atoms with Crippen molar-refractivity contribution < 1.29 is 0 Å². The highest BCUT2D eigenvalue weighted by Gasteiger charge is 2.20. The molecule has 0 aliphatic rings. The van der Waals surface area contributed by atoms with E-state index < -0.39 is 7.26 Å². The number of rotatable bonds is 2. The molecule has 0 heterocycles. The van der Waals surface area contributed by atoms with E-state index in [-0.39, 0.29) is 0 Å². The summed E-state index contributed by atoms with van der Waals surface area (Å²) in [5.41, 5.74) is 1.49. The second kappa shape index (κ2) is 3.12. The van der Waals surface area contributed by atoms with E-state index in [4.69, 9.17) is 23.2 Å². The SMILES string of the molecule is C[P+](C)(CCl)CCl. The Hall–Kier alpha value is 1.01. The Balaban J connectivity index is 3.36. The molecule has 0 spiro atoms. The zero-order valence-electron chi connectivity index (χ0n) is 4.62. The van der Waals surface area contributed by atoms with Crippen LogP contribution in [0.5, 0.6) is 0 Å². The second-order valence-electron chi connectivity index (χ2n) is 2.17. The largest absolute Gasteiger partial charge is 0.133 e. The molecule has 0 nitrogen and oxygen atoms in total. The first-order valence-corrected chi connectivity index (χ1v) is 6.18. The Labute approximate surface area is 55.5 Å². The second-order valence-corrected chi connectivity index (χ2v) is 7.96. The van der Waals surface area contributed by atoms with Gasteiger partial charge in [0.25, 0.3) is 0 Å². The van der Waals surface area contributed by atoms with Crippen molar-refractivity contribution in [2.75, 3.05) is 24.6 Å². The zero-order valence-corrected chi connectivity index (χ0v) is 7.02. The first kappa shape index (κ1) is 8.01. The maximum absolute atomic E-state index is 5.56. The predicted octanol–water partition coefficient (Wildman–Crippen LogP) is 2.66. The van der Waals surface area contributed by atoms with Crippen LogP contribution in [-0.2, 0) is 0 Å². The van der Waals surface area contributed by atoms with Gasteiger partial charge in [0.05, 0.1) is 13.3 Å². The van der Waals surface area contributed by atoms with Crippen molar-refractivity contribution in [2.24, 2.45) is 0 Å². The molecule has 0 unspecified atom stereocenters. The van der Waals surface area contributed by atoms with Crippen molar-refractivity contribution in [3.05, 3.63) is 0 Å². The fourth-order valence-electron chi connectivity index (χ4n) is 0.0319. The van der Waals surface area contributed by atoms with E-state index in [1.165, 1.54) is 0 Å². The highest BCUT2D eigenvalue weighted by molar-refractivity contribution is 7.77. The van der Waals surface area contributed by atoms with Gasteiger partial charge in [-0.05, 0) is 0 Å². The lowest BCUT2D eigenvalue weighted by Gasteiger charge is -2.07. The summed E-state index contributed by atoms with van der Waals surface area (Å²) < 4.78 is 0. The Morgan fingerprint density at radius 1 is 1.14 bits per heavy atom. The van der Waals surface area contributed by atoms with Gasteiger partial charge in [0.1, 0.15) is 11.2 Å². The standard InChI is InChI=1S/C4H10Cl2P/c1-7(2,3-5)4-6/h3-4H2,1-2H3/q+1. The van der Waals surface area contributed by atoms with Crippen LogP contribution in [0.2, 0.25) is 0 Å². The van der Waals surface area contributed by atoms with E-state index in [1.807, 2.05) is 0 Å². The summed E-state index contributed by atoms with van der Waals surface area (Å²) >= 11 is 11.1. The minimum atomic E-state index is -0.873. The van der Waals surface area contributed by atoms with E-state index >= 15 is 0 Å². The number of alkyl halides is 2. The average molecular weight is 160 g/mol. The van der Waals surface area contributed by atoms with Gasteiger partial charge in [0, 0.05) is 7.26 Å². The monoisotopic (exact) mass is 159 g/mol. The lowest BCUT2D eigenvalue weighted by molar-refractivity contribution is 1.83. The van der Waals surface area contributed by atoms with Gasteiger partial charge in [-0.2, -0.15) is 0 Å². The first-order chi connectivity index (χ1) is 3.12. The first-order valence-electron chi connectivity index (χ1n) is 2.06. The summed E-state index contributed by atoms with van der Waals surface area (Å²) in [5, 5.41) is 0. The molecular formula is C4H10Cl2P+. The normalized spacial score (nSPS) is 12.0. The van der Waals surface area contributed by atoms with Crippen molar-refractivity contribution in [3.8, 4) is 0 Å². The fraction of sp³-hybridized carbons (Fsp3) is 1.00. The topological polar surface area (TPSA) is 0 Å². The quantitative estimate of drug-likeness (QED) is 0.430. The highest BCUT2D eigenvalue weighted by atomic mass is 35.5.